The van der Waals surface area contributed by atoms with Crippen molar-refractivity contribution < 1.29 is 17.9 Å². The smallest absolute Gasteiger partial charge is 0.272 e. The molecule has 2 fully saturated rings. The lowest BCUT2D eigenvalue weighted by Crippen LogP contribution is -2.41. The third-order valence-corrected chi connectivity index (χ3v) is 7.13. The number of carbonyl (C=O) groups is 1. The van der Waals surface area contributed by atoms with Crippen LogP contribution in [0.15, 0.2) is 35.7 Å². The Morgan fingerprint density at radius 2 is 2.00 bits per heavy atom. The van der Waals surface area contributed by atoms with Gasteiger partial charge in [0.15, 0.2) is 5.03 Å². The molecule has 2 aliphatic heterocycles. The van der Waals surface area contributed by atoms with Gasteiger partial charge in [-0.1, -0.05) is 6.07 Å². The molecule has 0 radical (unpaired) electrons. The summed E-state index contributed by atoms with van der Waals surface area (Å²) < 4.78 is 34.2. The molecule has 0 spiro atoms. The van der Waals surface area contributed by atoms with E-state index in [1.165, 1.54) is 16.8 Å². The van der Waals surface area contributed by atoms with Crippen molar-refractivity contribution in [2.24, 2.45) is 7.05 Å². The van der Waals surface area contributed by atoms with Crippen molar-refractivity contribution in [2.45, 2.75) is 23.8 Å². The van der Waals surface area contributed by atoms with Gasteiger partial charge in [-0.25, -0.2) is 18.4 Å². The minimum Gasteiger partial charge on any atom is -0.378 e. The molecule has 29 heavy (non-hydrogen) atoms. The lowest BCUT2D eigenvalue weighted by Gasteiger charge is -2.31. The van der Waals surface area contributed by atoms with Gasteiger partial charge in [0.1, 0.15) is 5.69 Å². The molecule has 0 aliphatic carbocycles. The highest BCUT2D eigenvalue weighted by Gasteiger charge is 2.33. The number of piperidine rings is 1. The average Bonchev–Trinajstić information content (AvgIpc) is 3.21. The minimum absolute atomic E-state index is 0.0559. The molecular formula is C19H25N5O4S. The SMILES string of the molecule is Cn1cnc(S(=O)(=O)N2CCCC(c3cccc(C(=O)N4CCOCC4)n3)C2)c1. The third-order valence-electron chi connectivity index (χ3n) is 5.38. The van der Waals surface area contributed by atoms with Crippen LogP contribution in [0.2, 0.25) is 0 Å². The number of amides is 1. The number of aryl methyl sites for hydroxylation is 1. The second-order valence-corrected chi connectivity index (χ2v) is 9.32. The monoisotopic (exact) mass is 419 g/mol. The number of ether oxygens (including phenoxy) is 1. The average molecular weight is 420 g/mol. The number of morpholine rings is 1. The first-order chi connectivity index (χ1) is 13.9. The summed E-state index contributed by atoms with van der Waals surface area (Å²) in [6.07, 6.45) is 4.56. The lowest BCUT2D eigenvalue weighted by atomic mass is 9.95. The summed E-state index contributed by atoms with van der Waals surface area (Å²) in [6, 6.07) is 5.41. The Bertz CT molecular complexity index is 984. The quantitative estimate of drug-likeness (QED) is 0.729. The fourth-order valence-corrected chi connectivity index (χ4v) is 5.27. The van der Waals surface area contributed by atoms with E-state index in [2.05, 4.69) is 9.97 Å². The molecule has 10 heteroatoms. The van der Waals surface area contributed by atoms with Crippen molar-refractivity contribution in [1.29, 1.82) is 0 Å². The molecule has 0 N–H and O–H groups in total. The number of nitrogens with zero attached hydrogens (tertiary/aromatic N) is 5. The predicted molar refractivity (Wildman–Crippen MR) is 105 cm³/mol. The summed E-state index contributed by atoms with van der Waals surface area (Å²) in [7, 11) is -1.90. The van der Waals surface area contributed by atoms with Crippen molar-refractivity contribution in [2.75, 3.05) is 39.4 Å². The van der Waals surface area contributed by atoms with Gasteiger partial charge in [0, 0.05) is 51.0 Å². The first-order valence-electron chi connectivity index (χ1n) is 9.77. The van der Waals surface area contributed by atoms with E-state index in [-0.39, 0.29) is 16.9 Å². The zero-order chi connectivity index (χ0) is 20.4. The molecule has 4 rings (SSSR count). The fourth-order valence-electron chi connectivity index (χ4n) is 3.78. The normalized spacial score (nSPS) is 21.3. The fraction of sp³-hybridized carbons (Fsp3) is 0.526. The van der Waals surface area contributed by atoms with Crippen LogP contribution >= 0.6 is 0 Å². The number of imidazole rings is 1. The number of sulfonamides is 1. The van der Waals surface area contributed by atoms with E-state index in [4.69, 9.17) is 4.74 Å². The van der Waals surface area contributed by atoms with Crippen LogP contribution in [0.4, 0.5) is 0 Å². The third kappa shape index (κ3) is 4.19. The van der Waals surface area contributed by atoms with Gasteiger partial charge < -0.3 is 14.2 Å². The van der Waals surface area contributed by atoms with Crippen LogP contribution in [0.25, 0.3) is 0 Å². The van der Waals surface area contributed by atoms with Crippen LogP contribution in [0.5, 0.6) is 0 Å². The lowest BCUT2D eigenvalue weighted by molar-refractivity contribution is 0.0298. The number of carbonyl (C=O) groups excluding carboxylic acids is 1. The topological polar surface area (TPSA) is 97.6 Å². The summed E-state index contributed by atoms with van der Waals surface area (Å²) in [5, 5.41) is 0.0601. The molecular weight excluding hydrogens is 394 g/mol. The zero-order valence-electron chi connectivity index (χ0n) is 16.4. The van der Waals surface area contributed by atoms with Gasteiger partial charge in [0.25, 0.3) is 15.9 Å². The van der Waals surface area contributed by atoms with E-state index in [1.54, 1.807) is 22.6 Å². The molecule has 1 unspecified atom stereocenters. The summed E-state index contributed by atoms with van der Waals surface area (Å²) in [5.41, 5.74) is 1.15. The highest BCUT2D eigenvalue weighted by atomic mass is 32.2. The van der Waals surface area contributed by atoms with Gasteiger partial charge in [-0.05, 0) is 25.0 Å². The van der Waals surface area contributed by atoms with Crippen molar-refractivity contribution in [1.82, 2.24) is 23.7 Å². The Morgan fingerprint density at radius 1 is 1.21 bits per heavy atom. The Balaban J connectivity index is 1.52. The number of rotatable bonds is 4. The Hall–Kier alpha value is -2.30. The predicted octanol–water partition coefficient (Wildman–Crippen LogP) is 0.856. The Morgan fingerprint density at radius 3 is 2.72 bits per heavy atom. The standard InChI is InChI=1S/C19H25N5O4S/c1-22-13-18(20-14-22)29(26,27)24-7-3-4-15(12-24)16-5-2-6-17(21-16)19(25)23-8-10-28-11-9-23/h2,5-6,13-15H,3-4,7-12H2,1H3. The van der Waals surface area contributed by atoms with Crippen molar-refractivity contribution in [3.8, 4) is 0 Å². The first-order valence-corrected chi connectivity index (χ1v) is 11.2. The van der Waals surface area contributed by atoms with Crippen LogP contribution in [0.3, 0.4) is 0 Å². The van der Waals surface area contributed by atoms with Crippen LogP contribution in [-0.4, -0.2) is 77.5 Å². The molecule has 0 bridgehead atoms. The van der Waals surface area contributed by atoms with Crippen molar-refractivity contribution in [3.05, 3.63) is 42.1 Å². The number of hydrogen-bond acceptors (Lipinski definition) is 6. The molecule has 2 aliphatic rings. The van der Waals surface area contributed by atoms with Crippen molar-refractivity contribution >= 4 is 15.9 Å². The summed E-state index contributed by atoms with van der Waals surface area (Å²) in [5.74, 6) is -0.163. The van der Waals surface area contributed by atoms with Crippen LogP contribution in [0.1, 0.15) is 34.9 Å². The summed E-state index contributed by atoms with van der Waals surface area (Å²) >= 11 is 0. The molecule has 2 saturated heterocycles. The molecule has 0 saturated carbocycles. The van der Waals surface area contributed by atoms with Gasteiger partial charge in [-0.2, -0.15) is 4.31 Å². The number of hydrogen-bond donors (Lipinski definition) is 0. The molecule has 2 aromatic rings. The highest BCUT2D eigenvalue weighted by Crippen LogP contribution is 2.29. The zero-order valence-corrected chi connectivity index (χ0v) is 17.2. The maximum Gasteiger partial charge on any atom is 0.272 e. The van der Waals surface area contributed by atoms with Crippen molar-refractivity contribution in [3.63, 3.8) is 0 Å². The van der Waals surface area contributed by atoms with E-state index < -0.39 is 10.0 Å². The second kappa shape index (κ2) is 8.21. The first kappa shape index (κ1) is 20.0. The molecule has 0 aromatic carbocycles. The number of pyridine rings is 1. The maximum absolute atomic E-state index is 12.9. The van der Waals surface area contributed by atoms with E-state index in [0.717, 1.165) is 18.5 Å². The second-order valence-electron chi connectivity index (χ2n) is 7.43. The largest absolute Gasteiger partial charge is 0.378 e. The van der Waals surface area contributed by atoms with Crippen LogP contribution in [-0.2, 0) is 21.8 Å². The minimum atomic E-state index is -3.64. The van der Waals surface area contributed by atoms with Gasteiger partial charge in [-0.15, -0.1) is 0 Å². The maximum atomic E-state index is 12.9. The van der Waals surface area contributed by atoms with E-state index in [9.17, 15) is 13.2 Å². The van der Waals surface area contributed by atoms with Crippen LogP contribution < -0.4 is 0 Å². The summed E-state index contributed by atoms with van der Waals surface area (Å²) in [6.45, 7) is 2.99. The van der Waals surface area contributed by atoms with E-state index >= 15 is 0 Å². The molecule has 2 aromatic heterocycles. The Kier molecular flexibility index (Phi) is 5.66. The molecule has 9 nitrogen and oxygen atoms in total. The molecule has 4 heterocycles. The highest BCUT2D eigenvalue weighted by molar-refractivity contribution is 7.89. The van der Waals surface area contributed by atoms with Gasteiger partial charge in [0.2, 0.25) is 0 Å². The number of aromatic nitrogens is 3. The molecule has 1 amide bonds. The van der Waals surface area contributed by atoms with Gasteiger partial charge in [-0.3, -0.25) is 4.79 Å². The molecule has 1 atom stereocenters. The Labute approximate surface area is 170 Å². The van der Waals surface area contributed by atoms with Gasteiger partial charge in [0.05, 0.1) is 19.5 Å². The molecule has 156 valence electrons. The summed E-state index contributed by atoms with van der Waals surface area (Å²) in [4.78, 5) is 23.1. The van der Waals surface area contributed by atoms with Crippen LogP contribution in [0, 0.1) is 0 Å². The van der Waals surface area contributed by atoms with Gasteiger partial charge >= 0.3 is 0 Å². The van der Waals surface area contributed by atoms with E-state index in [1.807, 2.05) is 12.1 Å². The van der Waals surface area contributed by atoms with E-state index in [0.29, 0.717) is 45.1 Å².